The van der Waals surface area contributed by atoms with Crippen LogP contribution in [0.4, 0.5) is 0 Å². The van der Waals surface area contributed by atoms with Gasteiger partial charge in [0.15, 0.2) is 5.96 Å². The lowest BCUT2D eigenvalue weighted by molar-refractivity contribution is -0.142. The molecule has 0 aromatic heterocycles. The molecule has 0 radical (unpaired) electrons. The number of nitrogens with two attached hydrogens (primary N) is 3. The monoisotopic (exact) mass is 516 g/mol. The highest BCUT2D eigenvalue weighted by Crippen LogP contribution is 1.98. The molecule has 0 spiro atoms. The molecular formula is C18H32N10O8. The van der Waals surface area contributed by atoms with Gasteiger partial charge in [-0.3, -0.25) is 33.8 Å². The van der Waals surface area contributed by atoms with Crippen molar-refractivity contribution in [2.75, 3.05) is 45.8 Å². The molecule has 1 atom stereocenters. The molecule has 0 aliphatic rings. The summed E-state index contributed by atoms with van der Waals surface area (Å²) in [5, 5.41) is 22.4. The molecule has 18 heteroatoms. The first-order chi connectivity index (χ1) is 16.9. The smallest absolute Gasteiger partial charge is 0.326 e. The maximum absolute atomic E-state index is 11.9. The van der Waals surface area contributed by atoms with Crippen LogP contribution >= 0.6 is 0 Å². The lowest BCUT2D eigenvalue weighted by Crippen LogP contribution is -2.48. The van der Waals surface area contributed by atoms with Crippen molar-refractivity contribution in [3.8, 4) is 0 Å². The number of carbonyl (C=O) groups is 7. The van der Waals surface area contributed by atoms with Gasteiger partial charge in [0.25, 0.3) is 0 Å². The van der Waals surface area contributed by atoms with Crippen LogP contribution in [0.15, 0.2) is 4.99 Å². The van der Waals surface area contributed by atoms with E-state index >= 15 is 0 Å². The van der Waals surface area contributed by atoms with Gasteiger partial charge in [-0.05, 0) is 12.8 Å². The summed E-state index contributed by atoms with van der Waals surface area (Å²) >= 11 is 0. The molecule has 6 amide bonds. The molecule has 0 bridgehead atoms. The molecule has 0 saturated carbocycles. The highest BCUT2D eigenvalue weighted by atomic mass is 16.4. The van der Waals surface area contributed by atoms with Crippen LogP contribution in [0, 0.1) is 0 Å². The van der Waals surface area contributed by atoms with Gasteiger partial charge >= 0.3 is 5.97 Å². The van der Waals surface area contributed by atoms with E-state index in [1.807, 2.05) is 0 Å². The Labute approximate surface area is 205 Å². The van der Waals surface area contributed by atoms with Gasteiger partial charge in [0.2, 0.25) is 35.4 Å². The number of carboxylic acid groups (broad SMARTS) is 1. The Hall–Kier alpha value is -4.48. The van der Waals surface area contributed by atoms with E-state index in [4.69, 9.17) is 22.3 Å². The first-order valence-corrected chi connectivity index (χ1v) is 10.6. The fraction of sp³-hybridized carbons (Fsp3) is 0.556. The van der Waals surface area contributed by atoms with Crippen LogP contribution in [-0.4, -0.2) is 104 Å². The average molecular weight is 517 g/mol. The van der Waals surface area contributed by atoms with Crippen molar-refractivity contribution in [3.63, 3.8) is 0 Å². The zero-order chi connectivity index (χ0) is 27.5. The molecular weight excluding hydrogens is 484 g/mol. The number of aliphatic carboxylic acids is 1. The number of aliphatic imine (C=N–C) groups is 1. The second-order valence-corrected chi connectivity index (χ2v) is 6.99. The first kappa shape index (κ1) is 31.5. The van der Waals surface area contributed by atoms with Crippen molar-refractivity contribution in [2.24, 2.45) is 22.2 Å². The molecule has 0 aromatic carbocycles. The molecule has 0 fully saturated rings. The van der Waals surface area contributed by atoms with Crippen LogP contribution in [0.5, 0.6) is 0 Å². The van der Waals surface area contributed by atoms with Gasteiger partial charge in [0.05, 0.1) is 39.3 Å². The summed E-state index contributed by atoms with van der Waals surface area (Å²) < 4.78 is 0. The van der Waals surface area contributed by atoms with Crippen molar-refractivity contribution in [3.05, 3.63) is 0 Å². The predicted octanol–water partition coefficient (Wildman–Crippen LogP) is -6.85. The van der Waals surface area contributed by atoms with Crippen molar-refractivity contribution in [1.82, 2.24) is 31.9 Å². The number of hydrogen-bond donors (Lipinski definition) is 10. The molecule has 0 aromatic rings. The summed E-state index contributed by atoms with van der Waals surface area (Å²) in [4.78, 5) is 84.2. The Morgan fingerprint density at radius 3 is 1.42 bits per heavy atom. The third kappa shape index (κ3) is 17.1. The second kappa shape index (κ2) is 17.9. The maximum Gasteiger partial charge on any atom is 0.326 e. The number of carbonyl (C=O) groups excluding carboxylic acids is 6. The third-order valence-corrected chi connectivity index (χ3v) is 3.99. The predicted molar refractivity (Wildman–Crippen MR) is 124 cm³/mol. The van der Waals surface area contributed by atoms with Crippen molar-refractivity contribution in [2.45, 2.75) is 18.9 Å². The Morgan fingerprint density at radius 1 is 0.667 bits per heavy atom. The van der Waals surface area contributed by atoms with Gasteiger partial charge in [0, 0.05) is 6.54 Å². The van der Waals surface area contributed by atoms with E-state index in [9.17, 15) is 33.6 Å². The fourth-order valence-electron chi connectivity index (χ4n) is 2.22. The largest absolute Gasteiger partial charge is 0.480 e. The van der Waals surface area contributed by atoms with E-state index in [-0.39, 0.29) is 32.0 Å². The summed E-state index contributed by atoms with van der Waals surface area (Å²) in [5.74, 6) is -5.52. The minimum atomic E-state index is -1.27. The molecule has 0 heterocycles. The SMILES string of the molecule is NCC(=O)NCC(=O)NCC(=O)NCC(=O)NCC(=O)NCC(=O)N[C@@H](CCCN=C(N)N)C(=O)O. The van der Waals surface area contributed by atoms with Gasteiger partial charge in [0.1, 0.15) is 6.04 Å². The number of amides is 6. The minimum absolute atomic E-state index is 0.0576. The summed E-state index contributed by atoms with van der Waals surface area (Å²) in [6.07, 6.45) is 0.353. The standard InChI is InChI=1S/C18H32N10O8/c19-4-11(29)23-5-12(30)24-6-13(31)25-7-14(32)26-8-15(33)27-9-16(34)28-10(17(35)36)2-1-3-22-18(20)21/h10H,1-9,19H2,(H,23,29)(H,24,30)(H,25,31)(H,26,32)(H,27,33)(H,28,34)(H,35,36)(H4,20,21,22)/t10-/m0/s1. The zero-order valence-corrected chi connectivity index (χ0v) is 19.4. The van der Waals surface area contributed by atoms with Crippen molar-refractivity contribution in [1.29, 1.82) is 0 Å². The van der Waals surface area contributed by atoms with E-state index in [0.717, 1.165) is 0 Å². The fourth-order valence-corrected chi connectivity index (χ4v) is 2.22. The molecule has 13 N–H and O–H groups in total. The van der Waals surface area contributed by atoms with Crippen molar-refractivity contribution < 1.29 is 38.7 Å². The zero-order valence-electron chi connectivity index (χ0n) is 19.4. The van der Waals surface area contributed by atoms with Crippen LogP contribution in [0.25, 0.3) is 0 Å². The Bertz CT molecular complexity index is 844. The van der Waals surface area contributed by atoms with E-state index in [1.165, 1.54) is 0 Å². The average Bonchev–Trinajstić information content (AvgIpc) is 2.83. The van der Waals surface area contributed by atoms with E-state index in [1.54, 1.807) is 0 Å². The molecule has 0 rings (SSSR count). The number of hydrogen-bond acceptors (Lipinski definition) is 9. The third-order valence-electron chi connectivity index (χ3n) is 3.99. The van der Waals surface area contributed by atoms with Crippen LogP contribution in [0.2, 0.25) is 0 Å². The van der Waals surface area contributed by atoms with E-state index in [2.05, 4.69) is 36.9 Å². The van der Waals surface area contributed by atoms with Crippen LogP contribution < -0.4 is 49.1 Å². The van der Waals surface area contributed by atoms with Gasteiger partial charge in [-0.2, -0.15) is 0 Å². The highest BCUT2D eigenvalue weighted by Gasteiger charge is 2.19. The molecule has 18 nitrogen and oxygen atoms in total. The highest BCUT2D eigenvalue weighted by molar-refractivity contribution is 5.92. The van der Waals surface area contributed by atoms with Gasteiger partial charge in [-0.25, -0.2) is 4.79 Å². The Kier molecular flexibility index (Phi) is 15.7. The summed E-state index contributed by atoms with van der Waals surface area (Å²) in [6.45, 7) is -2.47. The summed E-state index contributed by atoms with van der Waals surface area (Å²) in [6, 6.07) is -1.21. The van der Waals surface area contributed by atoms with Gasteiger partial charge < -0.3 is 54.2 Å². The quantitative estimate of drug-likeness (QED) is 0.0492. The number of carboxylic acids is 1. The van der Waals surface area contributed by atoms with Crippen molar-refractivity contribution >= 4 is 47.4 Å². The molecule has 0 aliphatic carbocycles. The topological polar surface area (TPSA) is 302 Å². The number of nitrogens with one attached hydrogen (secondary N) is 6. The lowest BCUT2D eigenvalue weighted by atomic mass is 10.1. The minimum Gasteiger partial charge on any atom is -0.480 e. The maximum atomic E-state index is 11.9. The first-order valence-electron chi connectivity index (χ1n) is 10.6. The lowest BCUT2D eigenvalue weighted by Gasteiger charge is -2.14. The molecule has 36 heavy (non-hydrogen) atoms. The number of guanidine groups is 1. The summed E-state index contributed by atoms with van der Waals surface area (Å²) in [7, 11) is 0. The Balaban J connectivity index is 4.11. The molecule has 202 valence electrons. The van der Waals surface area contributed by atoms with E-state index in [0.29, 0.717) is 6.42 Å². The van der Waals surface area contributed by atoms with Crippen LogP contribution in [0.1, 0.15) is 12.8 Å². The van der Waals surface area contributed by atoms with Crippen LogP contribution in [-0.2, 0) is 33.6 Å². The normalized spacial score (nSPS) is 10.7. The van der Waals surface area contributed by atoms with E-state index < -0.39 is 73.6 Å². The molecule has 0 unspecified atom stereocenters. The summed E-state index contributed by atoms with van der Waals surface area (Å²) in [5.41, 5.74) is 15.4. The van der Waals surface area contributed by atoms with Crippen LogP contribution in [0.3, 0.4) is 0 Å². The van der Waals surface area contributed by atoms with Gasteiger partial charge in [-0.1, -0.05) is 0 Å². The molecule has 0 saturated heterocycles. The molecule has 0 aliphatic heterocycles. The number of nitrogens with zero attached hydrogens (tertiary/aromatic N) is 1. The second-order valence-electron chi connectivity index (χ2n) is 6.99. The van der Waals surface area contributed by atoms with Gasteiger partial charge in [-0.15, -0.1) is 0 Å². The number of rotatable bonds is 17. The Morgan fingerprint density at radius 2 is 1.06 bits per heavy atom.